The van der Waals surface area contributed by atoms with Crippen LogP contribution in [0.5, 0.6) is 5.75 Å². The monoisotopic (exact) mass is 250 g/mol. The van der Waals surface area contributed by atoms with Gasteiger partial charge in [-0.05, 0) is 37.1 Å². The molecule has 0 bridgehead atoms. The molecule has 0 saturated carbocycles. The Kier molecular flexibility index (Phi) is 3.48. The molecule has 0 aliphatic carbocycles. The molecule has 1 aromatic carbocycles. The highest BCUT2D eigenvalue weighted by Gasteiger charge is 2.35. The molecule has 2 aliphatic rings. The lowest BCUT2D eigenvalue weighted by molar-refractivity contribution is 0.222. The molecule has 0 unspecified atom stereocenters. The van der Waals surface area contributed by atoms with E-state index < -0.39 is 0 Å². The van der Waals surface area contributed by atoms with Crippen LogP contribution in [0.15, 0.2) is 24.3 Å². The number of rotatable bonds is 4. The van der Waals surface area contributed by atoms with Crippen molar-refractivity contribution >= 4 is 0 Å². The van der Waals surface area contributed by atoms with Gasteiger partial charge in [0.2, 0.25) is 0 Å². The average Bonchev–Trinajstić information content (AvgIpc) is 2.92. The molecular formula is C14H19FN2O. The molecule has 3 rings (SSSR count). The van der Waals surface area contributed by atoms with Gasteiger partial charge >= 0.3 is 0 Å². The van der Waals surface area contributed by atoms with Gasteiger partial charge in [-0.15, -0.1) is 0 Å². The van der Waals surface area contributed by atoms with Crippen molar-refractivity contribution in [3.05, 3.63) is 30.1 Å². The molecule has 1 N–H and O–H groups in total. The van der Waals surface area contributed by atoms with Crippen molar-refractivity contribution < 1.29 is 9.13 Å². The van der Waals surface area contributed by atoms with E-state index in [2.05, 4.69) is 10.2 Å². The number of benzene rings is 1. The van der Waals surface area contributed by atoms with Gasteiger partial charge < -0.3 is 10.1 Å². The molecule has 2 aliphatic heterocycles. The van der Waals surface area contributed by atoms with Crippen molar-refractivity contribution in [1.82, 2.24) is 10.2 Å². The van der Waals surface area contributed by atoms with Crippen LogP contribution < -0.4 is 10.1 Å². The summed E-state index contributed by atoms with van der Waals surface area (Å²) in [7, 11) is 0. The lowest BCUT2D eigenvalue weighted by Gasteiger charge is -2.17. The van der Waals surface area contributed by atoms with Crippen molar-refractivity contribution in [2.24, 2.45) is 11.8 Å². The third kappa shape index (κ3) is 2.49. The first-order valence-electron chi connectivity index (χ1n) is 6.63. The smallest absolute Gasteiger partial charge is 0.165 e. The minimum absolute atomic E-state index is 0.278. The lowest BCUT2D eigenvalue weighted by Crippen LogP contribution is -2.29. The van der Waals surface area contributed by atoms with Crippen LogP contribution in [0, 0.1) is 17.7 Å². The number of fused-ring (bicyclic) bond motifs is 1. The largest absolute Gasteiger partial charge is 0.489 e. The van der Waals surface area contributed by atoms with E-state index in [1.807, 2.05) is 0 Å². The highest BCUT2D eigenvalue weighted by molar-refractivity contribution is 5.23. The molecule has 2 fully saturated rings. The molecular weight excluding hydrogens is 231 g/mol. The number of hydrogen-bond donors (Lipinski definition) is 1. The Bertz CT molecular complexity index is 401. The quantitative estimate of drug-likeness (QED) is 0.873. The Balaban J connectivity index is 1.44. The Labute approximate surface area is 107 Å². The van der Waals surface area contributed by atoms with Gasteiger partial charge in [-0.2, -0.15) is 0 Å². The molecule has 2 heterocycles. The topological polar surface area (TPSA) is 24.5 Å². The fraction of sp³-hybridized carbons (Fsp3) is 0.571. The van der Waals surface area contributed by atoms with Crippen LogP contribution in [0.3, 0.4) is 0 Å². The second kappa shape index (κ2) is 5.24. The predicted octanol–water partition coefficient (Wildman–Crippen LogP) is 1.36. The fourth-order valence-corrected chi connectivity index (χ4v) is 2.98. The van der Waals surface area contributed by atoms with E-state index in [1.54, 1.807) is 18.2 Å². The number of para-hydroxylation sites is 1. The number of likely N-dealkylation sites (tertiary alicyclic amines) is 1. The molecule has 18 heavy (non-hydrogen) atoms. The van der Waals surface area contributed by atoms with Gasteiger partial charge in [0.1, 0.15) is 6.61 Å². The summed E-state index contributed by atoms with van der Waals surface area (Å²) in [4.78, 5) is 2.43. The summed E-state index contributed by atoms with van der Waals surface area (Å²) >= 11 is 0. The third-order valence-corrected chi connectivity index (χ3v) is 3.97. The van der Waals surface area contributed by atoms with Gasteiger partial charge in [-0.25, -0.2) is 4.39 Å². The van der Waals surface area contributed by atoms with Crippen molar-refractivity contribution in [1.29, 1.82) is 0 Å². The second-order valence-corrected chi connectivity index (χ2v) is 5.22. The summed E-state index contributed by atoms with van der Waals surface area (Å²) in [5.41, 5.74) is 0. The summed E-state index contributed by atoms with van der Waals surface area (Å²) in [6.07, 6.45) is 0. The van der Waals surface area contributed by atoms with Gasteiger partial charge in [0.05, 0.1) is 0 Å². The normalized spacial score (nSPS) is 27.4. The average molecular weight is 250 g/mol. The third-order valence-electron chi connectivity index (χ3n) is 3.97. The van der Waals surface area contributed by atoms with Crippen LogP contribution in [0.25, 0.3) is 0 Å². The summed E-state index contributed by atoms with van der Waals surface area (Å²) in [6, 6.07) is 6.58. The van der Waals surface area contributed by atoms with Crippen molar-refractivity contribution in [3.63, 3.8) is 0 Å². The number of nitrogens with zero attached hydrogens (tertiary/aromatic N) is 1. The summed E-state index contributed by atoms with van der Waals surface area (Å²) in [6.45, 7) is 6.05. The van der Waals surface area contributed by atoms with Crippen LogP contribution in [-0.4, -0.2) is 44.2 Å². The molecule has 4 heteroatoms. The van der Waals surface area contributed by atoms with Crippen LogP contribution >= 0.6 is 0 Å². The molecule has 3 nitrogen and oxygen atoms in total. The van der Waals surface area contributed by atoms with E-state index in [9.17, 15) is 4.39 Å². The first-order valence-corrected chi connectivity index (χ1v) is 6.63. The lowest BCUT2D eigenvalue weighted by atomic mass is 10.0. The van der Waals surface area contributed by atoms with Gasteiger partial charge in [0.15, 0.2) is 11.6 Å². The molecule has 0 spiro atoms. The highest BCUT2D eigenvalue weighted by Crippen LogP contribution is 2.25. The zero-order chi connectivity index (χ0) is 12.4. The van der Waals surface area contributed by atoms with Gasteiger partial charge in [0, 0.05) is 19.6 Å². The SMILES string of the molecule is Fc1ccccc1OCCN1C[C@H]2CNC[C@H]2C1. The first kappa shape index (κ1) is 11.9. The number of nitrogens with one attached hydrogen (secondary N) is 1. The van der Waals surface area contributed by atoms with Crippen LogP contribution in [0.2, 0.25) is 0 Å². The minimum atomic E-state index is -0.278. The van der Waals surface area contributed by atoms with Crippen molar-refractivity contribution in [3.8, 4) is 5.75 Å². The molecule has 0 amide bonds. The Morgan fingerprint density at radius 3 is 2.67 bits per heavy atom. The number of hydrogen-bond acceptors (Lipinski definition) is 3. The summed E-state index contributed by atoms with van der Waals surface area (Å²) in [5.74, 6) is 1.69. The van der Waals surface area contributed by atoms with E-state index in [-0.39, 0.29) is 5.82 Å². The van der Waals surface area contributed by atoms with E-state index in [1.165, 1.54) is 6.07 Å². The maximum absolute atomic E-state index is 13.3. The first-order chi connectivity index (χ1) is 8.83. The van der Waals surface area contributed by atoms with Crippen LogP contribution in [0.1, 0.15) is 0 Å². The predicted molar refractivity (Wildman–Crippen MR) is 68.2 cm³/mol. The molecule has 98 valence electrons. The van der Waals surface area contributed by atoms with E-state index in [4.69, 9.17) is 4.74 Å². The molecule has 1 aromatic rings. The van der Waals surface area contributed by atoms with E-state index in [0.29, 0.717) is 12.4 Å². The van der Waals surface area contributed by atoms with Crippen LogP contribution in [0.4, 0.5) is 4.39 Å². The Morgan fingerprint density at radius 2 is 1.94 bits per heavy atom. The maximum Gasteiger partial charge on any atom is 0.165 e. The number of halogens is 1. The fourth-order valence-electron chi connectivity index (χ4n) is 2.98. The Morgan fingerprint density at radius 1 is 1.22 bits per heavy atom. The van der Waals surface area contributed by atoms with Gasteiger partial charge in [-0.1, -0.05) is 12.1 Å². The van der Waals surface area contributed by atoms with Gasteiger partial charge in [0.25, 0.3) is 0 Å². The van der Waals surface area contributed by atoms with E-state index in [0.717, 1.165) is 44.6 Å². The summed E-state index contributed by atoms with van der Waals surface area (Å²) in [5, 5.41) is 3.43. The van der Waals surface area contributed by atoms with Gasteiger partial charge in [-0.3, -0.25) is 4.90 Å². The molecule has 0 radical (unpaired) electrons. The Hall–Kier alpha value is -1.13. The molecule has 2 atom stereocenters. The maximum atomic E-state index is 13.3. The highest BCUT2D eigenvalue weighted by atomic mass is 19.1. The second-order valence-electron chi connectivity index (χ2n) is 5.22. The van der Waals surface area contributed by atoms with Crippen LogP contribution in [-0.2, 0) is 0 Å². The minimum Gasteiger partial charge on any atom is -0.489 e. The standard InChI is InChI=1S/C14H19FN2O/c15-13-3-1-2-4-14(13)18-6-5-17-9-11-7-16-8-12(11)10-17/h1-4,11-12,16H,5-10H2/t11-,12+. The zero-order valence-corrected chi connectivity index (χ0v) is 10.4. The van der Waals surface area contributed by atoms with E-state index >= 15 is 0 Å². The molecule has 2 saturated heterocycles. The molecule has 0 aromatic heterocycles. The summed E-state index contributed by atoms with van der Waals surface area (Å²) < 4.78 is 18.8. The van der Waals surface area contributed by atoms with Crippen molar-refractivity contribution in [2.45, 2.75) is 0 Å². The van der Waals surface area contributed by atoms with Crippen molar-refractivity contribution in [2.75, 3.05) is 39.3 Å². The zero-order valence-electron chi connectivity index (χ0n) is 10.4. The number of ether oxygens (including phenoxy) is 1.